The zero-order valence-corrected chi connectivity index (χ0v) is 18.7. The lowest BCUT2D eigenvalue weighted by atomic mass is 10.0. The molecule has 1 N–H and O–H groups in total. The van der Waals surface area contributed by atoms with E-state index in [-0.39, 0.29) is 23.0 Å². The normalized spacial score (nSPS) is 15.8. The number of carbonyl (C=O) groups is 2. The average molecular weight is 457 g/mol. The highest BCUT2D eigenvalue weighted by Gasteiger charge is 2.34. The molecule has 5 rings (SSSR count). The highest BCUT2D eigenvalue weighted by atomic mass is 32.2. The van der Waals surface area contributed by atoms with Gasteiger partial charge < -0.3 is 5.32 Å². The van der Waals surface area contributed by atoms with Crippen LogP contribution in [0.4, 0.5) is 15.8 Å². The van der Waals surface area contributed by atoms with Crippen LogP contribution in [0.1, 0.15) is 26.9 Å². The Morgan fingerprint density at radius 2 is 1.76 bits per heavy atom. The summed E-state index contributed by atoms with van der Waals surface area (Å²) in [5.74, 6) is -0.231. The van der Waals surface area contributed by atoms with Gasteiger partial charge in [0.2, 0.25) is 5.91 Å². The average Bonchev–Trinajstić information content (AvgIpc) is 3.22. The molecular formula is C27H21FN2O2S. The quantitative estimate of drug-likeness (QED) is 0.391. The minimum Gasteiger partial charge on any atom is -0.322 e. The molecule has 0 radical (unpaired) electrons. The number of benzene rings is 4. The lowest BCUT2D eigenvalue weighted by molar-refractivity contribution is -0.115. The number of aryl methyl sites for hydroxylation is 1. The second-order valence-electron chi connectivity index (χ2n) is 7.96. The van der Waals surface area contributed by atoms with E-state index >= 15 is 0 Å². The molecule has 0 aromatic heterocycles. The molecule has 1 fully saturated rings. The van der Waals surface area contributed by atoms with E-state index in [1.54, 1.807) is 24.0 Å². The van der Waals surface area contributed by atoms with E-state index in [1.807, 2.05) is 66.7 Å². The van der Waals surface area contributed by atoms with E-state index in [0.717, 1.165) is 16.3 Å². The van der Waals surface area contributed by atoms with Gasteiger partial charge in [0.15, 0.2) is 0 Å². The molecule has 0 aliphatic carbocycles. The molecule has 0 unspecified atom stereocenters. The van der Waals surface area contributed by atoms with Crippen LogP contribution >= 0.6 is 11.8 Å². The zero-order valence-electron chi connectivity index (χ0n) is 17.9. The van der Waals surface area contributed by atoms with Crippen LogP contribution in [0.3, 0.4) is 0 Å². The van der Waals surface area contributed by atoms with Gasteiger partial charge in [-0.15, -0.1) is 11.8 Å². The van der Waals surface area contributed by atoms with Crippen molar-refractivity contribution < 1.29 is 14.0 Å². The summed E-state index contributed by atoms with van der Waals surface area (Å²) < 4.78 is 14.1. The standard InChI is InChI=1S/C27H21FN2O2S/c1-17-9-14-21(15-24(17)28)30-25(31)16-33-27(30)19-10-12-20(13-11-19)29-26(32)23-8-4-6-18-5-2-3-7-22(18)23/h2-15,27H,16H2,1H3,(H,29,32)/t27-/m1/s1. The minimum atomic E-state index is -0.331. The van der Waals surface area contributed by atoms with E-state index in [1.165, 1.54) is 17.8 Å². The van der Waals surface area contributed by atoms with Crippen LogP contribution in [0.15, 0.2) is 84.9 Å². The Bertz CT molecular complexity index is 1370. The number of anilines is 2. The maximum absolute atomic E-state index is 14.1. The van der Waals surface area contributed by atoms with Gasteiger partial charge in [0.05, 0.1) is 5.75 Å². The second-order valence-corrected chi connectivity index (χ2v) is 9.03. The Kier molecular flexibility index (Phi) is 5.60. The molecule has 1 atom stereocenters. The molecular weight excluding hydrogens is 435 g/mol. The fourth-order valence-corrected chi connectivity index (χ4v) is 5.21. The Hall–Kier alpha value is -3.64. The fraction of sp³-hybridized carbons (Fsp3) is 0.111. The van der Waals surface area contributed by atoms with Gasteiger partial charge in [-0.2, -0.15) is 0 Å². The third kappa shape index (κ3) is 4.10. The van der Waals surface area contributed by atoms with Crippen LogP contribution in [0, 0.1) is 12.7 Å². The van der Waals surface area contributed by atoms with Crippen molar-refractivity contribution in [3.63, 3.8) is 0 Å². The summed E-state index contributed by atoms with van der Waals surface area (Å²) >= 11 is 1.50. The van der Waals surface area contributed by atoms with Crippen molar-refractivity contribution in [2.45, 2.75) is 12.3 Å². The number of fused-ring (bicyclic) bond motifs is 1. The zero-order chi connectivity index (χ0) is 22.9. The summed E-state index contributed by atoms with van der Waals surface area (Å²) in [7, 11) is 0. The van der Waals surface area contributed by atoms with Crippen molar-refractivity contribution in [3.8, 4) is 0 Å². The number of rotatable bonds is 4. The lowest BCUT2D eigenvalue weighted by Crippen LogP contribution is -2.28. The molecule has 4 aromatic carbocycles. The van der Waals surface area contributed by atoms with Crippen LogP contribution in [0.2, 0.25) is 0 Å². The molecule has 4 nitrogen and oxygen atoms in total. The number of hydrogen-bond acceptors (Lipinski definition) is 3. The molecule has 0 saturated carbocycles. The summed E-state index contributed by atoms with van der Waals surface area (Å²) in [5, 5.41) is 4.62. The smallest absolute Gasteiger partial charge is 0.256 e. The van der Waals surface area contributed by atoms with Crippen molar-refractivity contribution in [3.05, 3.63) is 107 Å². The monoisotopic (exact) mass is 456 g/mol. The summed E-state index contributed by atoms with van der Waals surface area (Å²) in [6, 6.07) is 25.8. The van der Waals surface area contributed by atoms with Crippen LogP contribution in [0.25, 0.3) is 10.8 Å². The maximum atomic E-state index is 14.1. The molecule has 1 aliphatic heterocycles. The van der Waals surface area contributed by atoms with Crippen LogP contribution < -0.4 is 10.2 Å². The molecule has 2 amide bonds. The van der Waals surface area contributed by atoms with Gasteiger partial charge in [0.25, 0.3) is 5.91 Å². The summed E-state index contributed by atoms with van der Waals surface area (Å²) in [6.45, 7) is 1.70. The van der Waals surface area contributed by atoms with Crippen molar-refractivity contribution >= 4 is 45.7 Å². The fourth-order valence-electron chi connectivity index (χ4n) is 4.03. The first kappa shape index (κ1) is 21.2. The van der Waals surface area contributed by atoms with Gasteiger partial charge in [-0.1, -0.05) is 54.6 Å². The Labute approximate surface area is 195 Å². The van der Waals surface area contributed by atoms with Crippen molar-refractivity contribution in [1.82, 2.24) is 0 Å². The molecule has 33 heavy (non-hydrogen) atoms. The SMILES string of the molecule is Cc1ccc(N2C(=O)CS[C@@H]2c2ccc(NC(=O)c3cccc4ccccc34)cc2)cc1F. The van der Waals surface area contributed by atoms with E-state index in [2.05, 4.69) is 5.32 Å². The number of nitrogens with zero attached hydrogens (tertiary/aromatic N) is 1. The molecule has 164 valence electrons. The van der Waals surface area contributed by atoms with Gasteiger partial charge in [-0.25, -0.2) is 4.39 Å². The molecule has 6 heteroatoms. The third-order valence-corrected chi connectivity index (χ3v) is 7.00. The number of nitrogens with one attached hydrogen (secondary N) is 1. The number of amides is 2. The summed E-state index contributed by atoms with van der Waals surface area (Å²) in [6.07, 6.45) is 0. The Morgan fingerprint density at radius 1 is 1.00 bits per heavy atom. The summed E-state index contributed by atoms with van der Waals surface area (Å²) in [5.41, 5.74) is 3.28. The molecule has 1 heterocycles. The predicted molar refractivity (Wildman–Crippen MR) is 132 cm³/mol. The molecule has 0 spiro atoms. The summed E-state index contributed by atoms with van der Waals surface area (Å²) in [4.78, 5) is 27.1. The highest BCUT2D eigenvalue weighted by molar-refractivity contribution is 8.00. The first-order valence-electron chi connectivity index (χ1n) is 10.6. The van der Waals surface area contributed by atoms with E-state index in [9.17, 15) is 14.0 Å². The molecule has 1 aliphatic rings. The minimum absolute atomic E-state index is 0.0541. The van der Waals surface area contributed by atoms with Gasteiger partial charge in [-0.05, 0) is 59.2 Å². The topological polar surface area (TPSA) is 49.4 Å². The number of hydrogen-bond donors (Lipinski definition) is 1. The number of carbonyl (C=O) groups excluding carboxylic acids is 2. The van der Waals surface area contributed by atoms with Crippen LogP contribution in [0.5, 0.6) is 0 Å². The van der Waals surface area contributed by atoms with Crippen LogP contribution in [-0.4, -0.2) is 17.6 Å². The van der Waals surface area contributed by atoms with Gasteiger partial charge in [0, 0.05) is 16.9 Å². The number of thioether (sulfide) groups is 1. The Balaban J connectivity index is 1.37. The first-order chi connectivity index (χ1) is 16.0. The first-order valence-corrected chi connectivity index (χ1v) is 11.6. The van der Waals surface area contributed by atoms with E-state index < -0.39 is 0 Å². The molecule has 0 bridgehead atoms. The third-order valence-electron chi connectivity index (χ3n) is 5.79. The second kappa shape index (κ2) is 8.71. The van der Waals surface area contributed by atoms with E-state index in [4.69, 9.17) is 0 Å². The number of halogens is 1. The predicted octanol–water partition coefficient (Wildman–Crippen LogP) is 6.32. The largest absolute Gasteiger partial charge is 0.322 e. The highest BCUT2D eigenvalue weighted by Crippen LogP contribution is 2.42. The van der Waals surface area contributed by atoms with Crippen molar-refractivity contribution in [2.24, 2.45) is 0 Å². The van der Waals surface area contributed by atoms with Gasteiger partial charge >= 0.3 is 0 Å². The van der Waals surface area contributed by atoms with Gasteiger partial charge in [0.1, 0.15) is 11.2 Å². The maximum Gasteiger partial charge on any atom is 0.256 e. The van der Waals surface area contributed by atoms with Crippen LogP contribution in [-0.2, 0) is 4.79 Å². The molecule has 1 saturated heterocycles. The molecule has 4 aromatic rings. The van der Waals surface area contributed by atoms with Crippen molar-refractivity contribution in [2.75, 3.05) is 16.0 Å². The Morgan fingerprint density at radius 3 is 2.55 bits per heavy atom. The van der Waals surface area contributed by atoms with E-state index in [0.29, 0.717) is 28.3 Å². The lowest BCUT2D eigenvalue weighted by Gasteiger charge is -2.25. The van der Waals surface area contributed by atoms with Gasteiger partial charge in [-0.3, -0.25) is 14.5 Å². The van der Waals surface area contributed by atoms with Crippen molar-refractivity contribution in [1.29, 1.82) is 0 Å².